The first-order valence-corrected chi connectivity index (χ1v) is 26.3. The Hall–Kier alpha value is -4.50. The fourth-order valence-electron chi connectivity index (χ4n) is 7.64. The molecule has 4 N–H and O–H groups in total. The van der Waals surface area contributed by atoms with Gasteiger partial charge in [0, 0.05) is 0 Å². The first-order chi connectivity index (χ1) is 35.2. The molecule has 7 unspecified atom stereocenters. The zero-order valence-corrected chi connectivity index (χ0v) is 47.8. The van der Waals surface area contributed by atoms with Gasteiger partial charge >= 0.3 is 23.9 Å². The van der Waals surface area contributed by atoms with Gasteiger partial charge in [-0.1, -0.05) is 54.6 Å². The fraction of sp³-hybridized carbons (Fsp3) is 0.690. The van der Waals surface area contributed by atoms with Gasteiger partial charge in [-0.05, 0) is 153 Å². The predicted molar refractivity (Wildman–Crippen MR) is 283 cm³/mol. The molecular weight excluding hydrogens is 985 g/mol. The maximum atomic E-state index is 13.9. The third-order valence-electron chi connectivity index (χ3n) is 13.7. The molecule has 0 saturated carbocycles. The van der Waals surface area contributed by atoms with Crippen LogP contribution in [0, 0.1) is 16.2 Å². The van der Waals surface area contributed by atoms with E-state index in [1.807, 2.05) is 84.0 Å². The van der Waals surface area contributed by atoms with Crippen LogP contribution in [0.1, 0.15) is 134 Å². The third-order valence-corrected chi connectivity index (χ3v) is 13.7. The van der Waals surface area contributed by atoms with E-state index in [4.69, 9.17) is 47.4 Å². The van der Waals surface area contributed by atoms with Crippen LogP contribution in [0.4, 0.5) is 0 Å². The van der Waals surface area contributed by atoms with Crippen molar-refractivity contribution >= 4 is 23.9 Å². The van der Waals surface area contributed by atoms with E-state index >= 15 is 0 Å². The highest BCUT2D eigenvalue weighted by molar-refractivity contribution is 5.81. The number of ether oxygens (including phenoxy) is 10. The van der Waals surface area contributed by atoms with Crippen LogP contribution in [-0.2, 0) is 74.8 Å². The topological polar surface area (TPSA) is 241 Å². The molecular formula is C58H90O18. The van der Waals surface area contributed by atoms with Crippen LogP contribution in [0.25, 0.3) is 0 Å². The van der Waals surface area contributed by atoms with Crippen molar-refractivity contribution in [3.05, 3.63) is 77.9 Å². The number of esters is 4. The van der Waals surface area contributed by atoms with Crippen molar-refractivity contribution in [2.75, 3.05) is 46.2 Å². The molecule has 2 aromatic rings. The van der Waals surface area contributed by atoms with Crippen LogP contribution in [0.15, 0.2) is 66.7 Å². The van der Waals surface area contributed by atoms with Gasteiger partial charge in [-0.25, -0.2) is 4.79 Å². The summed E-state index contributed by atoms with van der Waals surface area (Å²) in [6, 6.07) is 16.4. The molecule has 430 valence electrons. The van der Waals surface area contributed by atoms with E-state index in [9.17, 15) is 39.6 Å². The lowest BCUT2D eigenvalue weighted by molar-refractivity contribution is -0.277. The van der Waals surface area contributed by atoms with Gasteiger partial charge in [-0.3, -0.25) is 14.4 Å². The molecule has 1 heterocycles. The Kier molecular flexibility index (Phi) is 24.6. The Bertz CT molecular complexity index is 2150. The summed E-state index contributed by atoms with van der Waals surface area (Å²) in [7, 11) is 0. The molecule has 3 rings (SSSR count). The normalized spacial score (nSPS) is 20.4. The second-order valence-electron chi connectivity index (χ2n) is 23.2. The molecule has 0 radical (unpaired) electrons. The van der Waals surface area contributed by atoms with E-state index < -0.39 is 106 Å². The third kappa shape index (κ3) is 19.7. The molecule has 1 aliphatic rings. The van der Waals surface area contributed by atoms with Gasteiger partial charge in [0.05, 0.1) is 61.4 Å². The Morgan fingerprint density at radius 1 is 0.632 bits per heavy atom. The second kappa shape index (κ2) is 28.4. The first kappa shape index (κ1) is 65.8. The summed E-state index contributed by atoms with van der Waals surface area (Å²) >= 11 is 0. The van der Waals surface area contributed by atoms with Crippen LogP contribution in [-0.4, -0.2) is 150 Å². The molecule has 0 aromatic heterocycles. The first-order valence-electron chi connectivity index (χ1n) is 26.3. The Morgan fingerprint density at radius 3 is 1.82 bits per heavy atom. The number of rotatable bonds is 32. The number of hydrogen-bond donors (Lipinski definition) is 4. The number of aliphatic hydroxyl groups excluding tert-OH is 4. The van der Waals surface area contributed by atoms with Crippen molar-refractivity contribution < 1.29 is 87.0 Å². The van der Waals surface area contributed by atoms with Crippen molar-refractivity contribution in [2.45, 2.75) is 195 Å². The second-order valence-corrected chi connectivity index (χ2v) is 23.2. The SMILES string of the molecule is CCOC(=O)C(C)(COC(=O)C(C)(C)OC(C)(C)CCOC(C)(C)CCC=CCc1ccc(OC2OC(CO)C(O)C(O)C2O)cc1)COC(C)(C)C(C)(C)C(=O)OCC(C)(COC(C)C)C(=O)OCc1ccccc1. The van der Waals surface area contributed by atoms with Crippen molar-refractivity contribution in [2.24, 2.45) is 16.2 Å². The zero-order chi connectivity index (χ0) is 57.3. The van der Waals surface area contributed by atoms with Gasteiger partial charge in [-0.2, -0.15) is 0 Å². The van der Waals surface area contributed by atoms with Crippen molar-refractivity contribution in [3.8, 4) is 5.75 Å². The number of carbonyl (C=O) groups is 4. The number of allylic oxidation sites excluding steroid dienone is 2. The molecule has 0 bridgehead atoms. The zero-order valence-electron chi connectivity index (χ0n) is 47.8. The van der Waals surface area contributed by atoms with Gasteiger partial charge in [0.15, 0.2) is 5.60 Å². The van der Waals surface area contributed by atoms with Crippen LogP contribution in [0.5, 0.6) is 5.75 Å². The summed E-state index contributed by atoms with van der Waals surface area (Å²) in [5, 5.41) is 39.8. The van der Waals surface area contributed by atoms with Crippen molar-refractivity contribution in [1.29, 1.82) is 0 Å². The Morgan fingerprint density at radius 2 is 1.22 bits per heavy atom. The quantitative estimate of drug-likeness (QED) is 0.0323. The Balaban J connectivity index is 1.51. The molecule has 0 amide bonds. The largest absolute Gasteiger partial charge is 0.465 e. The minimum absolute atomic E-state index is 0.0370. The number of hydrogen-bond acceptors (Lipinski definition) is 18. The van der Waals surface area contributed by atoms with Crippen LogP contribution in [0.2, 0.25) is 0 Å². The lowest BCUT2D eigenvalue weighted by atomic mass is 9.76. The summed E-state index contributed by atoms with van der Waals surface area (Å²) in [5.41, 5.74) is -6.34. The number of benzene rings is 2. The molecule has 0 spiro atoms. The smallest absolute Gasteiger partial charge is 0.337 e. The van der Waals surface area contributed by atoms with Gasteiger partial charge < -0.3 is 67.8 Å². The van der Waals surface area contributed by atoms with Gasteiger partial charge in [0.25, 0.3) is 0 Å². The molecule has 1 fully saturated rings. The maximum Gasteiger partial charge on any atom is 0.337 e. The minimum atomic E-state index is -1.53. The summed E-state index contributed by atoms with van der Waals surface area (Å²) in [4.78, 5) is 54.6. The monoisotopic (exact) mass is 1070 g/mol. The van der Waals surface area contributed by atoms with Crippen LogP contribution in [0.3, 0.4) is 0 Å². The van der Waals surface area contributed by atoms with Crippen molar-refractivity contribution in [1.82, 2.24) is 0 Å². The van der Waals surface area contributed by atoms with E-state index in [1.165, 1.54) is 0 Å². The summed E-state index contributed by atoms with van der Waals surface area (Å²) in [6.45, 7) is 24.9. The van der Waals surface area contributed by atoms with Crippen LogP contribution >= 0.6 is 0 Å². The van der Waals surface area contributed by atoms with Gasteiger partial charge in [-0.15, -0.1) is 0 Å². The highest BCUT2D eigenvalue weighted by atomic mass is 16.7. The standard InChI is InChI=1S/C58H90O18/c1-16-67-50(65)58(15,38-73-56(12,13)54(8,9)48(63)70-36-57(14,35-69-39(2)3)51(66)68-34-41-24-19-17-20-25-41)37-71-49(64)55(10,11)76-53(6,7)31-32-72-52(4,5)30-22-18-21-23-40-26-28-42(29-27-40)74-47-46(62)45(61)44(60)43(33-59)75-47/h17-21,24-29,39,43-47,59-62H,16,22-23,30-38H2,1-15H3. The highest BCUT2D eigenvalue weighted by Crippen LogP contribution is 2.38. The summed E-state index contributed by atoms with van der Waals surface area (Å²) in [5.74, 6) is -2.24. The molecule has 1 saturated heterocycles. The molecule has 2 aromatic carbocycles. The van der Waals surface area contributed by atoms with E-state index in [-0.39, 0.29) is 39.1 Å². The molecule has 7 atom stereocenters. The van der Waals surface area contributed by atoms with E-state index in [0.717, 1.165) is 24.0 Å². The van der Waals surface area contributed by atoms with E-state index in [1.54, 1.807) is 74.4 Å². The fourth-order valence-corrected chi connectivity index (χ4v) is 7.64. The Labute approximate surface area is 451 Å². The summed E-state index contributed by atoms with van der Waals surface area (Å²) < 4.78 is 58.6. The number of carbonyl (C=O) groups excluding carboxylic acids is 4. The minimum Gasteiger partial charge on any atom is -0.465 e. The van der Waals surface area contributed by atoms with E-state index in [0.29, 0.717) is 25.2 Å². The van der Waals surface area contributed by atoms with Crippen molar-refractivity contribution in [3.63, 3.8) is 0 Å². The molecule has 76 heavy (non-hydrogen) atoms. The van der Waals surface area contributed by atoms with Gasteiger partial charge in [0.2, 0.25) is 6.29 Å². The molecule has 1 aliphatic heterocycles. The summed E-state index contributed by atoms with van der Waals surface area (Å²) in [6.07, 6.45) is -0.274. The average molecular weight is 1080 g/mol. The van der Waals surface area contributed by atoms with Crippen LogP contribution < -0.4 is 4.74 Å². The van der Waals surface area contributed by atoms with E-state index in [2.05, 4.69) is 12.2 Å². The maximum absolute atomic E-state index is 13.9. The predicted octanol–water partition coefficient (Wildman–Crippen LogP) is 7.16. The average Bonchev–Trinajstić information content (AvgIpc) is 3.35. The number of aliphatic hydroxyl groups is 4. The molecule has 18 heteroatoms. The molecule has 0 aliphatic carbocycles. The lowest BCUT2D eigenvalue weighted by Crippen LogP contribution is -2.60. The molecule has 18 nitrogen and oxygen atoms in total. The lowest BCUT2D eigenvalue weighted by Gasteiger charge is -2.42. The highest BCUT2D eigenvalue weighted by Gasteiger charge is 2.50. The van der Waals surface area contributed by atoms with Gasteiger partial charge in [0.1, 0.15) is 60.8 Å².